The highest BCUT2D eigenvalue weighted by atomic mass is 32.1. The lowest BCUT2D eigenvalue weighted by molar-refractivity contribution is 0.415. The molecule has 0 aliphatic carbocycles. The summed E-state index contributed by atoms with van der Waals surface area (Å²) in [6, 6.07) is 7.38. The van der Waals surface area contributed by atoms with Crippen LogP contribution >= 0.6 is 24.4 Å². The molecule has 5 N–H and O–H groups in total. The highest BCUT2D eigenvalue weighted by molar-refractivity contribution is 7.80. The summed E-state index contributed by atoms with van der Waals surface area (Å²) in [5, 5.41) is 11.6. The monoisotopic (exact) mass is 338 g/mol. The van der Waals surface area contributed by atoms with Gasteiger partial charge in [0.05, 0.1) is 12.8 Å². The van der Waals surface area contributed by atoms with E-state index in [-0.39, 0.29) is 5.11 Å². The van der Waals surface area contributed by atoms with Crippen molar-refractivity contribution in [2.75, 3.05) is 14.2 Å². The number of nitrogens with one attached hydrogen (secondary N) is 3. The van der Waals surface area contributed by atoms with Crippen molar-refractivity contribution in [3.8, 4) is 5.75 Å². The molecule has 22 heavy (non-hydrogen) atoms. The van der Waals surface area contributed by atoms with Gasteiger partial charge >= 0.3 is 0 Å². The lowest BCUT2D eigenvalue weighted by Crippen LogP contribution is -2.31. The van der Waals surface area contributed by atoms with E-state index in [0.29, 0.717) is 16.5 Å². The third kappa shape index (κ3) is 5.62. The molecule has 0 heterocycles. The van der Waals surface area contributed by atoms with Crippen LogP contribution in [0.5, 0.6) is 5.75 Å². The molecule has 7 nitrogen and oxygen atoms in total. The zero-order chi connectivity index (χ0) is 16.5. The number of nitrogens with zero attached hydrogens (tertiary/aromatic N) is 2. The molecule has 0 atom stereocenters. The fraction of sp³-hybridized carbons (Fsp3) is 0.231. The van der Waals surface area contributed by atoms with Gasteiger partial charge in [-0.3, -0.25) is 10.9 Å². The molecule has 9 heteroatoms. The maximum absolute atomic E-state index is 5.37. The lowest BCUT2D eigenvalue weighted by Gasteiger charge is -2.09. The molecule has 0 unspecified atom stereocenters. The third-order valence-electron chi connectivity index (χ3n) is 2.54. The van der Waals surface area contributed by atoms with E-state index in [1.165, 1.54) is 0 Å². The van der Waals surface area contributed by atoms with Gasteiger partial charge in [-0.25, -0.2) is 0 Å². The minimum absolute atomic E-state index is 0.0761. The van der Waals surface area contributed by atoms with Crippen molar-refractivity contribution < 1.29 is 4.74 Å². The second-order valence-corrected chi connectivity index (χ2v) is 4.90. The number of rotatable bonds is 5. The second-order valence-electron chi connectivity index (χ2n) is 4.05. The number of hydrogen-bond acceptors (Lipinski definition) is 5. The van der Waals surface area contributed by atoms with Crippen LogP contribution in [0.2, 0.25) is 0 Å². The number of methoxy groups -OCH3 is 1. The van der Waals surface area contributed by atoms with Crippen LogP contribution in [0.15, 0.2) is 34.5 Å². The van der Waals surface area contributed by atoms with E-state index in [1.54, 1.807) is 21.1 Å². The molecule has 0 saturated heterocycles. The average molecular weight is 338 g/mol. The Morgan fingerprint density at radius 2 is 1.77 bits per heavy atom. The van der Waals surface area contributed by atoms with Crippen LogP contribution in [0.1, 0.15) is 12.5 Å². The summed E-state index contributed by atoms with van der Waals surface area (Å²) in [5.74, 6) is 0.748. The van der Waals surface area contributed by atoms with Crippen molar-refractivity contribution in [2.24, 2.45) is 15.9 Å². The zero-order valence-corrected chi connectivity index (χ0v) is 14.1. The van der Waals surface area contributed by atoms with E-state index in [2.05, 4.69) is 26.4 Å². The number of nitrogens with two attached hydrogens (primary N) is 1. The van der Waals surface area contributed by atoms with Gasteiger partial charge < -0.3 is 15.8 Å². The average Bonchev–Trinajstić information content (AvgIpc) is 2.53. The van der Waals surface area contributed by atoms with Crippen LogP contribution in [0.4, 0.5) is 0 Å². The van der Waals surface area contributed by atoms with Crippen LogP contribution in [0.25, 0.3) is 0 Å². The van der Waals surface area contributed by atoms with Gasteiger partial charge in [-0.1, -0.05) is 0 Å². The fourth-order valence-electron chi connectivity index (χ4n) is 1.46. The molecule has 0 bridgehead atoms. The molecule has 0 aliphatic heterocycles. The molecule has 0 fully saturated rings. The smallest absolute Gasteiger partial charge is 0.186 e. The van der Waals surface area contributed by atoms with Gasteiger partial charge in [0.25, 0.3) is 0 Å². The number of hydrazone groups is 2. The minimum atomic E-state index is 0.0761. The van der Waals surface area contributed by atoms with Gasteiger partial charge in [-0.05, 0) is 55.6 Å². The van der Waals surface area contributed by atoms with Gasteiger partial charge in [0.1, 0.15) is 11.5 Å². The predicted molar refractivity (Wildman–Crippen MR) is 97.4 cm³/mol. The standard InChI is InChI=1S/C13H18N6OS2/c1-8(16-18-12(14)21)11(17-19-13(22)15-2)9-4-6-10(20-3)7-5-9/h4-7H,1-3H3,(H3,14,18,21)(H2,15,19,22)/b16-8+,17-11-. The van der Waals surface area contributed by atoms with E-state index in [1.807, 2.05) is 24.3 Å². The van der Waals surface area contributed by atoms with E-state index >= 15 is 0 Å². The maximum atomic E-state index is 5.37. The Hall–Kier alpha value is -2.26. The predicted octanol–water partition coefficient (Wildman–Crippen LogP) is 0.702. The van der Waals surface area contributed by atoms with Crippen molar-refractivity contribution in [3.63, 3.8) is 0 Å². The number of benzene rings is 1. The lowest BCUT2D eigenvalue weighted by atomic mass is 10.1. The molecule has 1 rings (SSSR count). The van der Waals surface area contributed by atoms with Gasteiger partial charge in [-0.15, -0.1) is 0 Å². The van der Waals surface area contributed by atoms with Crippen molar-refractivity contribution >= 4 is 46.1 Å². The molecule has 0 spiro atoms. The summed E-state index contributed by atoms with van der Waals surface area (Å²) in [7, 11) is 3.31. The normalized spacial score (nSPS) is 11.6. The van der Waals surface area contributed by atoms with Crippen molar-refractivity contribution in [3.05, 3.63) is 29.8 Å². The molecular formula is C13H18N6OS2. The van der Waals surface area contributed by atoms with E-state index in [0.717, 1.165) is 11.3 Å². The minimum Gasteiger partial charge on any atom is -0.497 e. The Morgan fingerprint density at radius 1 is 1.14 bits per heavy atom. The number of thiocarbonyl (C=S) groups is 2. The highest BCUT2D eigenvalue weighted by Crippen LogP contribution is 2.12. The molecule has 118 valence electrons. The summed E-state index contributed by atoms with van der Waals surface area (Å²) in [4.78, 5) is 0. The Kier molecular flexibility index (Phi) is 7.20. The largest absolute Gasteiger partial charge is 0.497 e. The third-order valence-corrected chi connectivity index (χ3v) is 2.92. The van der Waals surface area contributed by atoms with Gasteiger partial charge in [-0.2, -0.15) is 10.2 Å². The van der Waals surface area contributed by atoms with Crippen LogP contribution in [0.3, 0.4) is 0 Å². The first kappa shape index (κ1) is 17.8. The van der Waals surface area contributed by atoms with E-state index in [4.69, 9.17) is 34.9 Å². The molecule has 1 aromatic carbocycles. The topological polar surface area (TPSA) is 96.1 Å². The van der Waals surface area contributed by atoms with E-state index in [9.17, 15) is 0 Å². The first-order valence-corrected chi connectivity index (χ1v) is 7.09. The molecule has 0 aromatic heterocycles. The fourth-order valence-corrected chi connectivity index (χ4v) is 1.55. The molecule has 0 aliphatic rings. The quantitative estimate of drug-likeness (QED) is 0.357. The Bertz CT molecular complexity index is 597. The zero-order valence-electron chi connectivity index (χ0n) is 12.5. The van der Waals surface area contributed by atoms with Crippen LogP contribution in [-0.4, -0.2) is 35.8 Å². The first-order chi connectivity index (χ1) is 10.5. The van der Waals surface area contributed by atoms with Crippen LogP contribution in [-0.2, 0) is 0 Å². The summed E-state index contributed by atoms with van der Waals surface area (Å²) in [5.41, 5.74) is 12.6. The van der Waals surface area contributed by atoms with Gasteiger partial charge in [0.2, 0.25) is 0 Å². The summed E-state index contributed by atoms with van der Waals surface area (Å²) in [6.07, 6.45) is 0. The number of hydrogen-bond donors (Lipinski definition) is 4. The van der Waals surface area contributed by atoms with Crippen molar-refractivity contribution in [1.29, 1.82) is 0 Å². The SMILES string of the molecule is CNC(=S)N/N=C(/C(C)=N/NC(N)=S)c1ccc(OC)cc1. The second kappa shape index (κ2) is 8.90. The van der Waals surface area contributed by atoms with Gasteiger partial charge in [0.15, 0.2) is 10.2 Å². The highest BCUT2D eigenvalue weighted by Gasteiger charge is 2.09. The van der Waals surface area contributed by atoms with Crippen molar-refractivity contribution in [1.82, 2.24) is 16.2 Å². The molecule has 1 aromatic rings. The summed E-state index contributed by atoms with van der Waals surface area (Å²) in [6.45, 7) is 1.78. The van der Waals surface area contributed by atoms with E-state index < -0.39 is 0 Å². The maximum Gasteiger partial charge on any atom is 0.186 e. The molecular weight excluding hydrogens is 320 g/mol. The van der Waals surface area contributed by atoms with Gasteiger partial charge in [0, 0.05) is 12.6 Å². The first-order valence-electron chi connectivity index (χ1n) is 6.28. The molecule has 0 amide bonds. The molecule has 0 saturated carbocycles. The summed E-state index contributed by atoms with van der Waals surface area (Å²) >= 11 is 9.74. The Balaban J connectivity index is 3.11. The number of ether oxygens (including phenoxy) is 1. The Labute approximate surface area is 140 Å². The van der Waals surface area contributed by atoms with Crippen LogP contribution < -0.4 is 26.6 Å². The van der Waals surface area contributed by atoms with Crippen LogP contribution in [0, 0.1) is 0 Å². The molecule has 0 radical (unpaired) electrons. The Morgan fingerprint density at radius 3 is 2.27 bits per heavy atom. The van der Waals surface area contributed by atoms with Crippen molar-refractivity contribution in [2.45, 2.75) is 6.92 Å². The summed E-state index contributed by atoms with van der Waals surface area (Å²) < 4.78 is 5.14.